The Labute approximate surface area is 154 Å². The lowest BCUT2D eigenvalue weighted by atomic mass is 10.1. The number of fused-ring (bicyclic) bond motifs is 1. The molecule has 3 aromatic rings. The number of aromatic amines is 1. The van der Waals surface area contributed by atoms with Gasteiger partial charge in [-0.2, -0.15) is 0 Å². The quantitative estimate of drug-likeness (QED) is 0.756. The van der Waals surface area contributed by atoms with Gasteiger partial charge in [0.05, 0.1) is 30.7 Å². The molecule has 1 aliphatic rings. The van der Waals surface area contributed by atoms with Gasteiger partial charge < -0.3 is 14.6 Å². The summed E-state index contributed by atoms with van der Waals surface area (Å²) in [6, 6.07) is 13.9. The van der Waals surface area contributed by atoms with Gasteiger partial charge in [-0.1, -0.05) is 24.3 Å². The fourth-order valence-electron chi connectivity index (χ4n) is 3.23. The van der Waals surface area contributed by atoms with E-state index in [0.717, 1.165) is 5.56 Å². The summed E-state index contributed by atoms with van der Waals surface area (Å²) in [5.41, 5.74) is 1.10. The Morgan fingerprint density at radius 2 is 1.70 bits per heavy atom. The number of nitrogens with one attached hydrogen (secondary N) is 1. The first kappa shape index (κ1) is 17.2. The highest BCUT2D eigenvalue weighted by Crippen LogP contribution is 2.10. The summed E-state index contributed by atoms with van der Waals surface area (Å²) >= 11 is 0. The van der Waals surface area contributed by atoms with E-state index in [-0.39, 0.29) is 18.0 Å². The number of nitrogens with zero attached hydrogens (tertiary/aromatic N) is 2. The van der Waals surface area contributed by atoms with Gasteiger partial charge in [0.1, 0.15) is 0 Å². The Kier molecular flexibility index (Phi) is 4.60. The molecule has 1 amide bonds. The third-order valence-electron chi connectivity index (χ3n) is 4.73. The van der Waals surface area contributed by atoms with Crippen LogP contribution in [0.2, 0.25) is 0 Å². The summed E-state index contributed by atoms with van der Waals surface area (Å²) in [5, 5.41) is 0.469. The number of H-pyrrole nitrogens is 1. The maximum Gasteiger partial charge on any atom is 0.329 e. The largest absolute Gasteiger partial charge is 0.378 e. The first-order chi connectivity index (χ1) is 13.1. The molecule has 1 fully saturated rings. The molecule has 0 saturated carbocycles. The summed E-state index contributed by atoms with van der Waals surface area (Å²) in [7, 11) is 0. The summed E-state index contributed by atoms with van der Waals surface area (Å²) in [5.74, 6) is -0.0365. The van der Waals surface area contributed by atoms with Crippen LogP contribution in [0.5, 0.6) is 0 Å². The van der Waals surface area contributed by atoms with Crippen LogP contribution in [0.3, 0.4) is 0 Å². The van der Waals surface area contributed by atoms with Gasteiger partial charge in [-0.15, -0.1) is 0 Å². The van der Waals surface area contributed by atoms with Crippen LogP contribution < -0.4 is 11.2 Å². The molecule has 0 aliphatic carbocycles. The standard InChI is InChI=1S/C20H19N3O4/c24-18(22-9-11-27-12-10-22)15-7-5-14(6-8-15)13-23-19(25)16-3-1-2-4-17(16)21-20(23)26/h1-8H,9-13H2,(H,21,26). The Bertz CT molecular complexity index is 1090. The fourth-order valence-corrected chi connectivity index (χ4v) is 3.23. The number of hydrogen-bond donors (Lipinski definition) is 1. The predicted molar refractivity (Wildman–Crippen MR) is 101 cm³/mol. The molecule has 1 N–H and O–H groups in total. The second-order valence-electron chi connectivity index (χ2n) is 6.47. The van der Waals surface area contributed by atoms with Gasteiger partial charge in [-0.25, -0.2) is 4.79 Å². The summed E-state index contributed by atoms with van der Waals surface area (Å²) in [4.78, 5) is 41.9. The van der Waals surface area contributed by atoms with Crippen LogP contribution in [0.15, 0.2) is 58.1 Å². The molecule has 0 unspecified atom stereocenters. The molecule has 2 aromatic carbocycles. The van der Waals surface area contributed by atoms with E-state index >= 15 is 0 Å². The molecule has 4 rings (SSSR count). The highest BCUT2D eigenvalue weighted by molar-refractivity contribution is 5.94. The number of para-hydroxylation sites is 1. The first-order valence-electron chi connectivity index (χ1n) is 8.81. The molecule has 1 aliphatic heterocycles. The minimum Gasteiger partial charge on any atom is -0.378 e. The molecule has 0 bridgehead atoms. The summed E-state index contributed by atoms with van der Waals surface area (Å²) < 4.78 is 6.43. The van der Waals surface area contributed by atoms with Crippen LogP contribution in [-0.4, -0.2) is 46.7 Å². The molecule has 1 aromatic heterocycles. The van der Waals surface area contributed by atoms with Gasteiger partial charge in [-0.3, -0.25) is 14.2 Å². The van der Waals surface area contributed by atoms with Crippen molar-refractivity contribution in [3.63, 3.8) is 0 Å². The van der Waals surface area contributed by atoms with Gasteiger partial charge in [-0.05, 0) is 29.8 Å². The Hall–Kier alpha value is -3.19. The Balaban J connectivity index is 1.59. The normalized spacial score (nSPS) is 14.4. The van der Waals surface area contributed by atoms with Crippen molar-refractivity contribution in [3.05, 3.63) is 80.5 Å². The molecule has 0 radical (unpaired) electrons. The van der Waals surface area contributed by atoms with Crippen molar-refractivity contribution in [2.75, 3.05) is 26.3 Å². The molecule has 7 nitrogen and oxygen atoms in total. The molecular weight excluding hydrogens is 346 g/mol. The van der Waals surface area contributed by atoms with Gasteiger partial charge >= 0.3 is 5.69 Å². The number of amides is 1. The number of morpholine rings is 1. The van der Waals surface area contributed by atoms with Crippen molar-refractivity contribution in [1.82, 2.24) is 14.5 Å². The lowest BCUT2D eigenvalue weighted by Crippen LogP contribution is -2.40. The second-order valence-corrected chi connectivity index (χ2v) is 6.47. The number of ether oxygens (including phenoxy) is 1. The van der Waals surface area contributed by atoms with Crippen LogP contribution in [0, 0.1) is 0 Å². The van der Waals surface area contributed by atoms with E-state index in [1.54, 1.807) is 53.4 Å². The summed E-state index contributed by atoms with van der Waals surface area (Å²) in [6.07, 6.45) is 0. The number of rotatable bonds is 3. The number of carbonyl (C=O) groups excluding carboxylic acids is 1. The average molecular weight is 365 g/mol. The van der Waals surface area contributed by atoms with E-state index in [1.165, 1.54) is 4.57 Å². The van der Waals surface area contributed by atoms with E-state index in [9.17, 15) is 14.4 Å². The van der Waals surface area contributed by atoms with Crippen LogP contribution in [-0.2, 0) is 11.3 Å². The molecule has 0 spiro atoms. The molecule has 0 atom stereocenters. The molecule has 138 valence electrons. The van der Waals surface area contributed by atoms with Gasteiger partial charge in [0, 0.05) is 18.7 Å². The van der Waals surface area contributed by atoms with E-state index in [1.807, 2.05) is 0 Å². The molecule has 2 heterocycles. The molecular formula is C20H19N3O4. The van der Waals surface area contributed by atoms with Crippen molar-refractivity contribution in [2.45, 2.75) is 6.54 Å². The number of benzene rings is 2. The minimum atomic E-state index is -0.452. The lowest BCUT2D eigenvalue weighted by molar-refractivity contribution is 0.0303. The fraction of sp³-hybridized carbons (Fsp3) is 0.250. The van der Waals surface area contributed by atoms with Crippen molar-refractivity contribution < 1.29 is 9.53 Å². The monoisotopic (exact) mass is 365 g/mol. The van der Waals surface area contributed by atoms with E-state index < -0.39 is 5.69 Å². The van der Waals surface area contributed by atoms with E-state index in [0.29, 0.717) is 42.8 Å². The maximum atomic E-state index is 12.6. The highest BCUT2D eigenvalue weighted by Gasteiger charge is 2.18. The minimum absolute atomic E-state index is 0.0365. The highest BCUT2D eigenvalue weighted by atomic mass is 16.5. The zero-order valence-electron chi connectivity index (χ0n) is 14.7. The summed E-state index contributed by atoms with van der Waals surface area (Å²) in [6.45, 7) is 2.42. The lowest BCUT2D eigenvalue weighted by Gasteiger charge is -2.26. The third-order valence-corrected chi connectivity index (χ3v) is 4.73. The second kappa shape index (κ2) is 7.20. The molecule has 7 heteroatoms. The average Bonchev–Trinajstić information content (AvgIpc) is 2.72. The number of hydrogen-bond acceptors (Lipinski definition) is 4. The van der Waals surface area contributed by atoms with Crippen LogP contribution in [0.1, 0.15) is 15.9 Å². The van der Waals surface area contributed by atoms with Gasteiger partial charge in [0.2, 0.25) is 0 Å². The van der Waals surface area contributed by atoms with Crippen molar-refractivity contribution >= 4 is 16.8 Å². The van der Waals surface area contributed by atoms with E-state index in [4.69, 9.17) is 4.74 Å². The molecule has 1 saturated heterocycles. The van der Waals surface area contributed by atoms with Crippen LogP contribution in [0.4, 0.5) is 0 Å². The zero-order chi connectivity index (χ0) is 18.8. The van der Waals surface area contributed by atoms with Crippen molar-refractivity contribution in [2.24, 2.45) is 0 Å². The molecule has 27 heavy (non-hydrogen) atoms. The topological polar surface area (TPSA) is 84.4 Å². The van der Waals surface area contributed by atoms with Gasteiger partial charge in [0.15, 0.2) is 0 Å². The predicted octanol–water partition coefficient (Wildman–Crippen LogP) is 1.21. The zero-order valence-corrected chi connectivity index (χ0v) is 14.7. The van der Waals surface area contributed by atoms with E-state index in [2.05, 4.69) is 4.98 Å². The van der Waals surface area contributed by atoms with Crippen LogP contribution >= 0.6 is 0 Å². The SMILES string of the molecule is O=C(c1ccc(Cn2c(=O)[nH]c3ccccc3c2=O)cc1)N1CCOCC1. The van der Waals surface area contributed by atoms with Crippen molar-refractivity contribution in [1.29, 1.82) is 0 Å². The number of carbonyl (C=O) groups is 1. The maximum absolute atomic E-state index is 12.6. The Morgan fingerprint density at radius 1 is 1.00 bits per heavy atom. The third kappa shape index (κ3) is 3.41. The van der Waals surface area contributed by atoms with Crippen molar-refractivity contribution in [3.8, 4) is 0 Å². The Morgan fingerprint density at radius 3 is 2.44 bits per heavy atom. The van der Waals surface area contributed by atoms with Crippen LogP contribution in [0.25, 0.3) is 10.9 Å². The first-order valence-corrected chi connectivity index (χ1v) is 8.81. The number of aromatic nitrogens is 2. The smallest absolute Gasteiger partial charge is 0.329 e. The van der Waals surface area contributed by atoms with Gasteiger partial charge in [0.25, 0.3) is 11.5 Å².